The zero-order valence-corrected chi connectivity index (χ0v) is 16.3. The molecule has 0 bridgehead atoms. The molecule has 0 aliphatic carbocycles. The van der Waals surface area contributed by atoms with E-state index in [4.69, 9.17) is 4.74 Å². The van der Waals surface area contributed by atoms with Gasteiger partial charge in [-0.05, 0) is 43.3 Å². The number of hydrogen-bond donors (Lipinski definition) is 0. The predicted molar refractivity (Wildman–Crippen MR) is 99.9 cm³/mol. The largest absolute Gasteiger partial charge is 0.379 e. The van der Waals surface area contributed by atoms with Crippen molar-refractivity contribution in [3.8, 4) is 0 Å². The average molecular weight is 410 g/mol. The third kappa shape index (κ3) is 4.73. The maximum absolute atomic E-state index is 13.0. The Morgan fingerprint density at radius 3 is 2.44 bits per heavy atom. The van der Waals surface area contributed by atoms with Crippen LogP contribution in [0.25, 0.3) is 0 Å². The average Bonchev–Trinajstić information content (AvgIpc) is 2.69. The van der Waals surface area contributed by atoms with Crippen molar-refractivity contribution < 1.29 is 22.3 Å². The first-order valence-electron chi connectivity index (χ1n) is 8.38. The fourth-order valence-electron chi connectivity index (χ4n) is 2.61. The standard InChI is InChI=1S/C18H19FN2O4S2/c1-13(18(22)14-2-4-15(19)5-3-14)26-17-7-6-16(12-20-17)27(23,24)21-8-10-25-11-9-21/h2-7,12-13H,8-11H2,1H3/t13-/m0/s1. The molecule has 1 saturated heterocycles. The second-order valence-corrected chi connectivity index (χ2v) is 9.28. The summed E-state index contributed by atoms with van der Waals surface area (Å²) >= 11 is 1.22. The molecular weight excluding hydrogens is 391 g/mol. The number of ether oxygens (including phenoxy) is 1. The molecular formula is C18H19FN2O4S2. The van der Waals surface area contributed by atoms with Crippen molar-refractivity contribution in [1.82, 2.24) is 9.29 Å². The first kappa shape index (κ1) is 19.9. The number of aromatic nitrogens is 1. The topological polar surface area (TPSA) is 76.6 Å². The highest BCUT2D eigenvalue weighted by Gasteiger charge is 2.26. The van der Waals surface area contributed by atoms with Gasteiger partial charge in [-0.15, -0.1) is 0 Å². The number of pyridine rings is 1. The van der Waals surface area contributed by atoms with Crippen LogP contribution in [0.4, 0.5) is 4.39 Å². The van der Waals surface area contributed by atoms with Crippen molar-refractivity contribution in [2.45, 2.75) is 22.1 Å². The normalized spacial score (nSPS) is 16.8. The molecule has 1 aromatic carbocycles. The summed E-state index contributed by atoms with van der Waals surface area (Å²) in [6.45, 7) is 3.13. The fraction of sp³-hybridized carbons (Fsp3) is 0.333. The number of hydrogen-bond acceptors (Lipinski definition) is 6. The lowest BCUT2D eigenvalue weighted by Crippen LogP contribution is -2.40. The number of sulfonamides is 1. The van der Waals surface area contributed by atoms with E-state index in [0.29, 0.717) is 36.9 Å². The molecule has 1 atom stereocenters. The van der Waals surface area contributed by atoms with Gasteiger partial charge in [0.25, 0.3) is 0 Å². The Morgan fingerprint density at radius 2 is 1.85 bits per heavy atom. The van der Waals surface area contributed by atoms with Gasteiger partial charge in [0.05, 0.1) is 23.5 Å². The van der Waals surface area contributed by atoms with Crippen LogP contribution in [0.5, 0.6) is 0 Å². The molecule has 0 N–H and O–H groups in total. The second-order valence-electron chi connectivity index (χ2n) is 5.98. The number of rotatable bonds is 6. The van der Waals surface area contributed by atoms with Crippen molar-refractivity contribution in [2.75, 3.05) is 26.3 Å². The Hall–Kier alpha value is -1.81. The van der Waals surface area contributed by atoms with E-state index in [-0.39, 0.29) is 10.7 Å². The van der Waals surface area contributed by atoms with E-state index < -0.39 is 21.1 Å². The van der Waals surface area contributed by atoms with Gasteiger partial charge in [0, 0.05) is 24.8 Å². The summed E-state index contributed by atoms with van der Waals surface area (Å²) in [4.78, 5) is 16.7. The smallest absolute Gasteiger partial charge is 0.244 e. The summed E-state index contributed by atoms with van der Waals surface area (Å²) in [5.74, 6) is -0.544. The van der Waals surface area contributed by atoms with Crippen LogP contribution in [-0.4, -0.2) is 55.0 Å². The fourth-order valence-corrected chi connectivity index (χ4v) is 4.83. The minimum absolute atomic E-state index is 0.117. The van der Waals surface area contributed by atoms with Crippen LogP contribution in [0, 0.1) is 5.82 Å². The molecule has 1 fully saturated rings. The zero-order valence-electron chi connectivity index (χ0n) is 14.7. The van der Waals surface area contributed by atoms with E-state index in [1.165, 1.54) is 52.6 Å². The lowest BCUT2D eigenvalue weighted by molar-refractivity contribution is 0.0730. The monoisotopic (exact) mass is 410 g/mol. The van der Waals surface area contributed by atoms with Crippen LogP contribution in [-0.2, 0) is 14.8 Å². The number of ketones is 1. The molecule has 9 heteroatoms. The molecule has 2 heterocycles. The van der Waals surface area contributed by atoms with E-state index >= 15 is 0 Å². The highest BCUT2D eigenvalue weighted by atomic mass is 32.2. The molecule has 0 radical (unpaired) electrons. The third-order valence-electron chi connectivity index (χ3n) is 4.11. The minimum atomic E-state index is -3.59. The van der Waals surface area contributed by atoms with Crippen LogP contribution in [0.3, 0.4) is 0 Å². The van der Waals surface area contributed by atoms with E-state index in [0.717, 1.165) is 0 Å². The van der Waals surface area contributed by atoms with Gasteiger partial charge in [-0.25, -0.2) is 17.8 Å². The molecule has 1 aliphatic heterocycles. The van der Waals surface area contributed by atoms with Crippen molar-refractivity contribution in [1.29, 1.82) is 0 Å². The minimum Gasteiger partial charge on any atom is -0.379 e. The van der Waals surface area contributed by atoms with Gasteiger partial charge < -0.3 is 4.74 Å². The number of thioether (sulfide) groups is 1. The maximum Gasteiger partial charge on any atom is 0.244 e. The first-order valence-corrected chi connectivity index (χ1v) is 10.7. The summed E-state index contributed by atoms with van der Waals surface area (Å²) < 4.78 is 44.7. The van der Waals surface area contributed by atoms with E-state index in [2.05, 4.69) is 4.98 Å². The Labute approximate surface area is 161 Å². The molecule has 27 heavy (non-hydrogen) atoms. The van der Waals surface area contributed by atoms with E-state index in [1.54, 1.807) is 13.0 Å². The maximum atomic E-state index is 13.0. The lowest BCUT2D eigenvalue weighted by Gasteiger charge is -2.25. The van der Waals surface area contributed by atoms with Gasteiger partial charge in [0.2, 0.25) is 10.0 Å². The molecule has 0 amide bonds. The summed E-state index contributed by atoms with van der Waals surface area (Å²) in [6.07, 6.45) is 1.31. The highest BCUT2D eigenvalue weighted by molar-refractivity contribution is 8.00. The summed E-state index contributed by atoms with van der Waals surface area (Å²) in [5.41, 5.74) is 0.419. The predicted octanol–water partition coefficient (Wildman–Crippen LogP) is 2.61. The summed E-state index contributed by atoms with van der Waals surface area (Å²) in [7, 11) is -3.59. The summed E-state index contributed by atoms with van der Waals surface area (Å²) in [5, 5.41) is 0.101. The van der Waals surface area contributed by atoms with Gasteiger partial charge in [-0.1, -0.05) is 11.8 Å². The number of Topliss-reactive ketones (excluding diaryl/α,β-unsaturated/α-hetero) is 1. The van der Waals surface area contributed by atoms with Crippen LogP contribution < -0.4 is 0 Å². The number of benzene rings is 1. The van der Waals surface area contributed by atoms with Crippen LogP contribution in [0.2, 0.25) is 0 Å². The van der Waals surface area contributed by atoms with E-state index in [1.807, 2.05) is 0 Å². The Bertz CT molecular complexity index is 896. The van der Waals surface area contributed by atoms with Crippen LogP contribution in [0.1, 0.15) is 17.3 Å². The van der Waals surface area contributed by atoms with Crippen LogP contribution in [0.15, 0.2) is 52.5 Å². The quantitative estimate of drug-likeness (QED) is 0.538. The summed E-state index contributed by atoms with van der Waals surface area (Å²) in [6, 6.07) is 8.46. The Balaban J connectivity index is 1.68. The third-order valence-corrected chi connectivity index (χ3v) is 7.05. The first-order chi connectivity index (χ1) is 12.9. The Kier molecular flexibility index (Phi) is 6.25. The number of carbonyl (C=O) groups is 1. The van der Waals surface area contributed by atoms with Crippen molar-refractivity contribution in [2.24, 2.45) is 0 Å². The van der Waals surface area contributed by atoms with Crippen molar-refractivity contribution in [3.63, 3.8) is 0 Å². The SMILES string of the molecule is C[C@H](Sc1ccc(S(=O)(=O)N2CCOCC2)cn1)C(=O)c1ccc(F)cc1. The molecule has 3 rings (SSSR count). The molecule has 2 aromatic rings. The molecule has 0 unspecified atom stereocenters. The van der Waals surface area contributed by atoms with Gasteiger partial charge in [0.1, 0.15) is 10.7 Å². The molecule has 0 saturated carbocycles. The van der Waals surface area contributed by atoms with Crippen molar-refractivity contribution in [3.05, 3.63) is 54.0 Å². The number of nitrogens with zero attached hydrogens (tertiary/aromatic N) is 2. The molecule has 1 aliphatic rings. The van der Waals surface area contributed by atoms with E-state index in [9.17, 15) is 17.6 Å². The Morgan fingerprint density at radius 1 is 1.19 bits per heavy atom. The molecule has 1 aromatic heterocycles. The lowest BCUT2D eigenvalue weighted by atomic mass is 10.1. The van der Waals surface area contributed by atoms with Crippen LogP contribution >= 0.6 is 11.8 Å². The number of halogens is 1. The molecule has 144 valence electrons. The molecule has 6 nitrogen and oxygen atoms in total. The number of carbonyl (C=O) groups excluding carboxylic acids is 1. The number of morpholine rings is 1. The second kappa shape index (κ2) is 8.47. The van der Waals surface area contributed by atoms with Gasteiger partial charge in [-0.3, -0.25) is 4.79 Å². The zero-order chi connectivity index (χ0) is 19.4. The van der Waals surface area contributed by atoms with Gasteiger partial charge in [-0.2, -0.15) is 4.31 Å². The highest BCUT2D eigenvalue weighted by Crippen LogP contribution is 2.25. The van der Waals surface area contributed by atoms with Crippen molar-refractivity contribution >= 4 is 27.6 Å². The van der Waals surface area contributed by atoms with Gasteiger partial charge >= 0.3 is 0 Å². The van der Waals surface area contributed by atoms with Gasteiger partial charge in [0.15, 0.2) is 5.78 Å². The molecule has 0 spiro atoms.